The van der Waals surface area contributed by atoms with Crippen LogP contribution < -0.4 is 5.73 Å². The van der Waals surface area contributed by atoms with Gasteiger partial charge in [-0.2, -0.15) is 10.4 Å². The molecule has 142 valence electrons. The van der Waals surface area contributed by atoms with Gasteiger partial charge in [-0.3, -0.25) is 4.98 Å². The van der Waals surface area contributed by atoms with Gasteiger partial charge >= 0.3 is 0 Å². The van der Waals surface area contributed by atoms with E-state index in [1.165, 1.54) is 0 Å². The molecular formula is C19H21N9. The molecule has 0 amide bonds. The second-order valence-electron chi connectivity index (χ2n) is 7.07. The number of amidine groups is 1. The summed E-state index contributed by atoms with van der Waals surface area (Å²) in [5.41, 5.74) is 8.73. The van der Waals surface area contributed by atoms with Gasteiger partial charge in [0, 0.05) is 18.0 Å². The first-order valence-corrected chi connectivity index (χ1v) is 9.11. The van der Waals surface area contributed by atoms with Crippen molar-refractivity contribution >= 4 is 27.8 Å². The maximum Gasteiger partial charge on any atom is 0.134 e. The fraction of sp³-hybridized carbons (Fsp3) is 0.368. The van der Waals surface area contributed by atoms with Gasteiger partial charge in [-0.05, 0) is 50.4 Å². The maximum absolute atomic E-state index is 9.33. The number of imidazole rings is 1. The van der Waals surface area contributed by atoms with Gasteiger partial charge in [0.15, 0.2) is 0 Å². The van der Waals surface area contributed by atoms with Crippen molar-refractivity contribution in [2.24, 2.45) is 21.2 Å². The Morgan fingerprint density at radius 3 is 2.96 bits per heavy atom. The lowest BCUT2D eigenvalue weighted by Crippen LogP contribution is -2.18. The number of fused-ring (bicyclic) bond motifs is 3. The van der Waals surface area contributed by atoms with Crippen molar-refractivity contribution < 1.29 is 0 Å². The number of likely N-dealkylation sites (N-methyl/N-ethyl adjacent to an activating group) is 1. The van der Waals surface area contributed by atoms with E-state index >= 15 is 0 Å². The quantitative estimate of drug-likeness (QED) is 0.325. The summed E-state index contributed by atoms with van der Waals surface area (Å²) in [5, 5.41) is 21.9. The smallest absolute Gasteiger partial charge is 0.134 e. The molecule has 9 heteroatoms. The topological polar surface area (TPSA) is 121 Å². The number of pyridine rings is 1. The molecule has 0 saturated carbocycles. The van der Waals surface area contributed by atoms with Crippen LogP contribution in [0, 0.1) is 11.3 Å². The summed E-state index contributed by atoms with van der Waals surface area (Å²) in [7, 11) is 2.12. The first kappa shape index (κ1) is 18.0. The predicted molar refractivity (Wildman–Crippen MR) is 107 cm³/mol. The Hall–Kier alpha value is -3.38. The molecule has 2 N–H and O–H groups in total. The number of likely N-dealkylation sites (tertiary alicyclic amines) is 1. The van der Waals surface area contributed by atoms with Gasteiger partial charge in [-0.15, -0.1) is 5.10 Å². The summed E-state index contributed by atoms with van der Waals surface area (Å²) in [4.78, 5) is 11.6. The van der Waals surface area contributed by atoms with E-state index in [0.717, 1.165) is 47.3 Å². The molecule has 0 radical (unpaired) electrons. The van der Waals surface area contributed by atoms with Crippen molar-refractivity contribution in [1.82, 2.24) is 19.4 Å². The fourth-order valence-electron chi connectivity index (χ4n) is 3.72. The minimum Gasteiger partial charge on any atom is -0.386 e. The highest BCUT2D eigenvalue weighted by molar-refractivity contribution is 6.02. The predicted octanol–water partition coefficient (Wildman–Crippen LogP) is 2.58. The van der Waals surface area contributed by atoms with Crippen LogP contribution in [-0.4, -0.2) is 45.4 Å². The minimum atomic E-state index is 0.274. The molecule has 9 nitrogen and oxygen atoms in total. The van der Waals surface area contributed by atoms with Crippen LogP contribution in [0.5, 0.6) is 0 Å². The SMILES string of the molecule is CC(N)=NN=NCc1nc2cnc3ccc(C#N)cc3c2n1[C@@H]1CCN(C)C1. The Morgan fingerprint density at radius 1 is 1.39 bits per heavy atom. The molecule has 3 aromatic rings. The lowest BCUT2D eigenvalue weighted by Gasteiger charge is -2.17. The van der Waals surface area contributed by atoms with E-state index in [-0.39, 0.29) is 6.04 Å². The first-order valence-electron chi connectivity index (χ1n) is 9.11. The van der Waals surface area contributed by atoms with E-state index in [1.807, 2.05) is 12.1 Å². The highest BCUT2D eigenvalue weighted by atomic mass is 15.4. The van der Waals surface area contributed by atoms with E-state index in [9.17, 15) is 5.26 Å². The van der Waals surface area contributed by atoms with Gasteiger partial charge < -0.3 is 15.2 Å². The summed E-state index contributed by atoms with van der Waals surface area (Å²) in [6, 6.07) is 8.04. The fourth-order valence-corrected chi connectivity index (χ4v) is 3.72. The Balaban J connectivity index is 1.90. The third-order valence-corrected chi connectivity index (χ3v) is 4.93. The van der Waals surface area contributed by atoms with Crippen LogP contribution in [0.4, 0.5) is 0 Å². The number of hydrogen-bond donors (Lipinski definition) is 1. The second kappa shape index (κ2) is 7.32. The number of nitrogens with zero attached hydrogens (tertiary/aromatic N) is 8. The van der Waals surface area contributed by atoms with Gasteiger partial charge in [0.25, 0.3) is 0 Å². The van der Waals surface area contributed by atoms with Crippen molar-refractivity contribution in [2.45, 2.75) is 25.9 Å². The molecule has 4 rings (SSSR count). The van der Waals surface area contributed by atoms with Gasteiger partial charge in [-0.25, -0.2) is 4.98 Å². The van der Waals surface area contributed by atoms with Gasteiger partial charge in [0.1, 0.15) is 23.7 Å². The molecule has 0 unspecified atom stereocenters. The molecule has 3 heterocycles. The van der Waals surface area contributed by atoms with Crippen LogP contribution in [0.2, 0.25) is 0 Å². The molecule has 0 aliphatic carbocycles. The molecule has 0 spiro atoms. The number of rotatable bonds is 4. The van der Waals surface area contributed by atoms with Crippen molar-refractivity contribution in [3.63, 3.8) is 0 Å². The van der Waals surface area contributed by atoms with Crippen LogP contribution in [0.15, 0.2) is 39.8 Å². The number of nitrogens with two attached hydrogens (primary N) is 1. The Bertz CT molecular complexity index is 1130. The van der Waals surface area contributed by atoms with Gasteiger partial charge in [-0.1, -0.05) is 0 Å². The standard InChI is InChI=1S/C19H21N9/c1-12(21)25-26-23-10-18-24-17-9-22-16-4-3-13(8-20)7-15(16)19(17)28(18)14-5-6-27(2)11-14/h3-4,7,9,14H,5-6,10-11H2,1-2H3,(H2,21,23,25)/t14-/m1/s1. The lowest BCUT2D eigenvalue weighted by atomic mass is 10.1. The van der Waals surface area contributed by atoms with E-state index in [2.05, 4.69) is 43.0 Å². The van der Waals surface area contributed by atoms with E-state index < -0.39 is 0 Å². The van der Waals surface area contributed by atoms with Crippen molar-refractivity contribution in [3.8, 4) is 6.07 Å². The minimum absolute atomic E-state index is 0.274. The molecule has 1 atom stereocenters. The largest absolute Gasteiger partial charge is 0.386 e. The number of benzene rings is 1. The number of nitriles is 1. The third kappa shape index (κ3) is 3.30. The van der Waals surface area contributed by atoms with Gasteiger partial charge in [0.2, 0.25) is 0 Å². The van der Waals surface area contributed by atoms with Crippen LogP contribution in [0.3, 0.4) is 0 Å². The zero-order chi connectivity index (χ0) is 19.7. The molecule has 1 aromatic carbocycles. The Morgan fingerprint density at radius 2 is 2.25 bits per heavy atom. The van der Waals surface area contributed by atoms with Crippen molar-refractivity contribution in [3.05, 3.63) is 35.8 Å². The summed E-state index contributed by atoms with van der Waals surface area (Å²) < 4.78 is 2.24. The summed E-state index contributed by atoms with van der Waals surface area (Å²) in [5.74, 6) is 1.16. The first-order chi connectivity index (χ1) is 13.6. The highest BCUT2D eigenvalue weighted by Crippen LogP contribution is 2.32. The van der Waals surface area contributed by atoms with E-state index in [4.69, 9.17) is 10.7 Å². The van der Waals surface area contributed by atoms with Gasteiger partial charge in [0.05, 0.1) is 28.9 Å². The Labute approximate surface area is 162 Å². The summed E-state index contributed by atoms with van der Waals surface area (Å²) in [6.45, 7) is 3.91. The molecule has 0 bridgehead atoms. The normalized spacial score (nSPS) is 18.5. The highest BCUT2D eigenvalue weighted by Gasteiger charge is 2.26. The molecule has 28 heavy (non-hydrogen) atoms. The zero-order valence-corrected chi connectivity index (χ0v) is 15.9. The summed E-state index contributed by atoms with van der Waals surface area (Å²) in [6.07, 6.45) is 2.80. The Kier molecular flexibility index (Phi) is 4.71. The van der Waals surface area contributed by atoms with E-state index in [0.29, 0.717) is 17.9 Å². The lowest BCUT2D eigenvalue weighted by molar-refractivity contribution is 0.392. The molecule has 1 saturated heterocycles. The molecule has 1 fully saturated rings. The average Bonchev–Trinajstić information content (AvgIpc) is 3.27. The summed E-state index contributed by atoms with van der Waals surface area (Å²) >= 11 is 0. The number of hydrogen-bond acceptors (Lipinski definition) is 6. The van der Waals surface area contributed by atoms with Crippen LogP contribution in [-0.2, 0) is 6.54 Å². The third-order valence-electron chi connectivity index (χ3n) is 4.93. The average molecular weight is 375 g/mol. The monoisotopic (exact) mass is 375 g/mol. The van der Waals surface area contributed by atoms with Crippen LogP contribution in [0.1, 0.15) is 30.8 Å². The number of aromatic nitrogens is 3. The molecular weight excluding hydrogens is 354 g/mol. The van der Waals surface area contributed by atoms with Crippen LogP contribution in [0.25, 0.3) is 21.9 Å². The van der Waals surface area contributed by atoms with Crippen molar-refractivity contribution in [1.29, 1.82) is 5.26 Å². The second-order valence-corrected chi connectivity index (χ2v) is 7.07. The van der Waals surface area contributed by atoms with Crippen molar-refractivity contribution in [2.75, 3.05) is 20.1 Å². The molecule has 2 aromatic heterocycles. The van der Waals surface area contributed by atoms with Crippen LogP contribution >= 0.6 is 0 Å². The zero-order valence-electron chi connectivity index (χ0n) is 15.9. The van der Waals surface area contributed by atoms with E-state index in [1.54, 1.807) is 19.2 Å². The maximum atomic E-state index is 9.33. The molecule has 1 aliphatic rings. The molecule has 1 aliphatic heterocycles.